The Morgan fingerprint density at radius 2 is 2.06 bits per heavy atom. The third-order valence-electron chi connectivity index (χ3n) is 2.16. The standard InChI is InChI=1S/C11H10FN3O/c1-15-7-10(13-14-15)6-11(16)8-2-4-9(12)5-3-8/h2-5,7H,6H2,1H3. The van der Waals surface area contributed by atoms with E-state index in [1.165, 1.54) is 28.9 Å². The van der Waals surface area contributed by atoms with Gasteiger partial charge in [0, 0.05) is 18.8 Å². The maximum atomic E-state index is 12.6. The van der Waals surface area contributed by atoms with Crippen molar-refractivity contribution >= 4 is 5.78 Å². The van der Waals surface area contributed by atoms with Crippen LogP contribution in [-0.2, 0) is 13.5 Å². The van der Waals surface area contributed by atoms with Crippen LogP contribution in [-0.4, -0.2) is 20.8 Å². The number of benzene rings is 1. The summed E-state index contributed by atoms with van der Waals surface area (Å²) in [5, 5.41) is 7.55. The predicted octanol–water partition coefficient (Wildman–Crippen LogP) is 1.38. The molecule has 1 aromatic carbocycles. The molecular formula is C11H10FN3O. The first-order chi connectivity index (χ1) is 7.65. The van der Waals surface area contributed by atoms with Crippen molar-refractivity contribution in [3.63, 3.8) is 0 Å². The Kier molecular flexibility index (Phi) is 2.76. The summed E-state index contributed by atoms with van der Waals surface area (Å²) in [6, 6.07) is 5.47. The molecule has 0 unspecified atom stereocenters. The first-order valence-electron chi connectivity index (χ1n) is 4.79. The number of hydrogen-bond acceptors (Lipinski definition) is 3. The second-order valence-electron chi connectivity index (χ2n) is 3.49. The molecule has 4 nitrogen and oxygen atoms in total. The van der Waals surface area contributed by atoms with Crippen LogP contribution in [0.2, 0.25) is 0 Å². The molecule has 0 spiro atoms. The molecule has 2 rings (SSSR count). The molecule has 1 aromatic heterocycles. The number of Topliss-reactive ketones (excluding diaryl/α,β-unsaturated/α-hetero) is 1. The molecule has 0 saturated carbocycles. The van der Waals surface area contributed by atoms with Crippen molar-refractivity contribution in [3.8, 4) is 0 Å². The van der Waals surface area contributed by atoms with Crippen LogP contribution >= 0.6 is 0 Å². The fourth-order valence-electron chi connectivity index (χ4n) is 1.38. The van der Waals surface area contributed by atoms with Gasteiger partial charge in [-0.05, 0) is 24.3 Å². The molecule has 0 fully saturated rings. The highest BCUT2D eigenvalue weighted by molar-refractivity contribution is 5.97. The Bertz CT molecular complexity index is 504. The molecule has 0 radical (unpaired) electrons. The van der Waals surface area contributed by atoms with Crippen LogP contribution in [0.1, 0.15) is 16.1 Å². The molecule has 0 atom stereocenters. The fourth-order valence-corrected chi connectivity index (χ4v) is 1.38. The van der Waals surface area contributed by atoms with E-state index in [1.54, 1.807) is 13.2 Å². The number of aromatic nitrogens is 3. The van der Waals surface area contributed by atoms with Crippen molar-refractivity contribution in [3.05, 3.63) is 47.5 Å². The summed E-state index contributed by atoms with van der Waals surface area (Å²) in [7, 11) is 1.73. The van der Waals surface area contributed by atoms with Gasteiger partial charge in [0.25, 0.3) is 0 Å². The number of aryl methyl sites for hydroxylation is 1. The number of carbonyl (C=O) groups excluding carboxylic acids is 1. The molecule has 0 saturated heterocycles. The molecular weight excluding hydrogens is 209 g/mol. The molecule has 0 bridgehead atoms. The molecule has 0 aliphatic rings. The number of ketones is 1. The van der Waals surface area contributed by atoms with E-state index in [-0.39, 0.29) is 18.0 Å². The minimum absolute atomic E-state index is 0.0968. The monoisotopic (exact) mass is 219 g/mol. The number of carbonyl (C=O) groups is 1. The van der Waals surface area contributed by atoms with Gasteiger partial charge in [-0.25, -0.2) is 4.39 Å². The summed E-state index contributed by atoms with van der Waals surface area (Å²) >= 11 is 0. The zero-order valence-electron chi connectivity index (χ0n) is 8.72. The Balaban J connectivity index is 2.11. The second kappa shape index (κ2) is 4.22. The van der Waals surface area contributed by atoms with Gasteiger partial charge in [0.1, 0.15) is 5.82 Å². The summed E-state index contributed by atoms with van der Waals surface area (Å²) in [5.41, 5.74) is 1.09. The zero-order valence-corrected chi connectivity index (χ0v) is 8.72. The first-order valence-corrected chi connectivity index (χ1v) is 4.79. The molecule has 16 heavy (non-hydrogen) atoms. The minimum atomic E-state index is -0.351. The smallest absolute Gasteiger partial charge is 0.168 e. The maximum absolute atomic E-state index is 12.6. The molecule has 5 heteroatoms. The van der Waals surface area contributed by atoms with E-state index in [1.807, 2.05) is 0 Å². The van der Waals surface area contributed by atoms with Crippen molar-refractivity contribution in [2.75, 3.05) is 0 Å². The van der Waals surface area contributed by atoms with Crippen LogP contribution in [0, 0.1) is 5.82 Å². The molecule has 82 valence electrons. The molecule has 1 heterocycles. The van der Waals surface area contributed by atoms with Crippen molar-refractivity contribution in [2.45, 2.75) is 6.42 Å². The number of halogens is 1. The van der Waals surface area contributed by atoms with Gasteiger partial charge in [-0.1, -0.05) is 5.21 Å². The topological polar surface area (TPSA) is 47.8 Å². The zero-order chi connectivity index (χ0) is 11.5. The molecule has 0 aliphatic carbocycles. The molecule has 2 aromatic rings. The average Bonchev–Trinajstić information content (AvgIpc) is 2.65. The lowest BCUT2D eigenvalue weighted by Crippen LogP contribution is -2.03. The number of rotatable bonds is 3. The Hall–Kier alpha value is -2.04. The van der Waals surface area contributed by atoms with E-state index >= 15 is 0 Å². The van der Waals surface area contributed by atoms with Crippen molar-refractivity contribution in [1.29, 1.82) is 0 Å². The quantitative estimate of drug-likeness (QED) is 0.733. The molecule has 0 amide bonds. The SMILES string of the molecule is Cn1cc(CC(=O)c2ccc(F)cc2)nn1. The van der Waals surface area contributed by atoms with Crippen LogP contribution in [0.25, 0.3) is 0 Å². The summed E-state index contributed by atoms with van der Waals surface area (Å²) in [4.78, 5) is 11.7. The van der Waals surface area contributed by atoms with Crippen LogP contribution in [0.15, 0.2) is 30.5 Å². The van der Waals surface area contributed by atoms with E-state index in [0.717, 1.165) is 0 Å². The lowest BCUT2D eigenvalue weighted by atomic mass is 10.1. The van der Waals surface area contributed by atoms with Crippen LogP contribution < -0.4 is 0 Å². The van der Waals surface area contributed by atoms with E-state index < -0.39 is 0 Å². The summed E-state index contributed by atoms with van der Waals surface area (Å²) in [5.74, 6) is -0.448. The lowest BCUT2D eigenvalue weighted by Gasteiger charge is -1.97. The van der Waals surface area contributed by atoms with Crippen LogP contribution in [0.4, 0.5) is 4.39 Å². The average molecular weight is 219 g/mol. The highest BCUT2D eigenvalue weighted by Gasteiger charge is 2.09. The normalized spacial score (nSPS) is 10.4. The maximum Gasteiger partial charge on any atom is 0.168 e. The van der Waals surface area contributed by atoms with Gasteiger partial charge in [0.05, 0.1) is 12.1 Å². The number of hydrogen-bond donors (Lipinski definition) is 0. The fraction of sp³-hybridized carbons (Fsp3) is 0.182. The van der Waals surface area contributed by atoms with E-state index in [0.29, 0.717) is 11.3 Å². The van der Waals surface area contributed by atoms with Gasteiger partial charge in [0.15, 0.2) is 5.78 Å². The molecule has 0 N–H and O–H groups in total. The third kappa shape index (κ3) is 2.31. The highest BCUT2D eigenvalue weighted by Crippen LogP contribution is 2.06. The summed E-state index contributed by atoms with van der Waals surface area (Å²) in [6.07, 6.45) is 1.86. The van der Waals surface area contributed by atoms with Crippen LogP contribution in [0.5, 0.6) is 0 Å². The van der Waals surface area contributed by atoms with Crippen molar-refractivity contribution in [2.24, 2.45) is 7.05 Å². The van der Waals surface area contributed by atoms with Gasteiger partial charge in [0.2, 0.25) is 0 Å². The third-order valence-corrected chi connectivity index (χ3v) is 2.16. The lowest BCUT2D eigenvalue weighted by molar-refractivity contribution is 0.0992. The van der Waals surface area contributed by atoms with Crippen molar-refractivity contribution in [1.82, 2.24) is 15.0 Å². The Morgan fingerprint density at radius 3 is 2.62 bits per heavy atom. The van der Waals surface area contributed by atoms with Gasteiger partial charge < -0.3 is 0 Å². The Morgan fingerprint density at radius 1 is 1.38 bits per heavy atom. The van der Waals surface area contributed by atoms with Gasteiger partial charge in [-0.2, -0.15) is 0 Å². The number of nitrogens with zero attached hydrogens (tertiary/aromatic N) is 3. The largest absolute Gasteiger partial charge is 0.294 e. The Labute approximate surface area is 91.7 Å². The predicted molar refractivity (Wildman–Crippen MR) is 55.4 cm³/mol. The van der Waals surface area contributed by atoms with Gasteiger partial charge in [-0.3, -0.25) is 9.48 Å². The van der Waals surface area contributed by atoms with Crippen LogP contribution in [0.3, 0.4) is 0 Å². The van der Waals surface area contributed by atoms with Gasteiger partial charge >= 0.3 is 0 Å². The van der Waals surface area contributed by atoms with E-state index in [2.05, 4.69) is 10.3 Å². The van der Waals surface area contributed by atoms with E-state index in [9.17, 15) is 9.18 Å². The summed E-state index contributed by atoms with van der Waals surface area (Å²) < 4.78 is 14.2. The summed E-state index contributed by atoms with van der Waals surface area (Å²) in [6.45, 7) is 0. The second-order valence-corrected chi connectivity index (χ2v) is 3.49. The van der Waals surface area contributed by atoms with E-state index in [4.69, 9.17) is 0 Å². The van der Waals surface area contributed by atoms with Crippen molar-refractivity contribution < 1.29 is 9.18 Å². The van der Waals surface area contributed by atoms with Gasteiger partial charge in [-0.15, -0.1) is 5.10 Å². The molecule has 0 aliphatic heterocycles. The first kappa shape index (κ1) is 10.5. The minimum Gasteiger partial charge on any atom is -0.294 e. The highest BCUT2D eigenvalue weighted by atomic mass is 19.1.